The fourth-order valence-corrected chi connectivity index (χ4v) is 4.96. The van der Waals surface area contributed by atoms with Crippen LogP contribution in [0.5, 0.6) is 5.75 Å². The van der Waals surface area contributed by atoms with Crippen molar-refractivity contribution < 1.29 is 17.9 Å². The van der Waals surface area contributed by atoms with Crippen molar-refractivity contribution in [2.24, 2.45) is 0 Å². The minimum atomic E-state index is -3.25. The molecule has 1 heterocycles. The Balaban J connectivity index is 1.60. The zero-order valence-corrected chi connectivity index (χ0v) is 19.0. The molecule has 0 bridgehead atoms. The van der Waals surface area contributed by atoms with Gasteiger partial charge in [-0.2, -0.15) is 0 Å². The first-order valence-corrected chi connectivity index (χ1v) is 12.4. The molecule has 0 aliphatic rings. The number of carbonyl (C=O) groups is 1. The molecule has 0 spiro atoms. The molecule has 31 heavy (non-hydrogen) atoms. The van der Waals surface area contributed by atoms with E-state index in [2.05, 4.69) is 10.3 Å². The number of rotatable bonds is 9. The Morgan fingerprint density at radius 1 is 1.13 bits per heavy atom. The third-order valence-electron chi connectivity index (χ3n) is 4.55. The van der Waals surface area contributed by atoms with Gasteiger partial charge in [0.15, 0.2) is 15.0 Å². The van der Waals surface area contributed by atoms with Crippen molar-refractivity contribution in [1.82, 2.24) is 4.98 Å². The fraction of sp³-hybridized carbons (Fsp3) is 0.217. The Morgan fingerprint density at radius 3 is 2.48 bits per heavy atom. The summed E-state index contributed by atoms with van der Waals surface area (Å²) in [5.41, 5.74) is 2.44. The monoisotopic (exact) mass is 456 g/mol. The number of benzene rings is 2. The molecule has 1 N–H and O–H groups in total. The van der Waals surface area contributed by atoms with E-state index in [0.717, 1.165) is 29.0 Å². The van der Waals surface area contributed by atoms with E-state index >= 15 is 0 Å². The number of nitrogens with zero attached hydrogens (tertiary/aromatic N) is 1. The lowest BCUT2D eigenvalue weighted by atomic mass is 10.2. The highest BCUT2D eigenvalue weighted by Crippen LogP contribution is 2.26. The minimum absolute atomic E-state index is 0.146. The first kappa shape index (κ1) is 22.7. The van der Waals surface area contributed by atoms with Gasteiger partial charge in [0.05, 0.1) is 23.5 Å². The highest BCUT2D eigenvalue weighted by atomic mass is 32.2. The van der Waals surface area contributed by atoms with Crippen molar-refractivity contribution in [2.75, 3.05) is 18.2 Å². The molecule has 0 aliphatic heterocycles. The van der Waals surface area contributed by atoms with Crippen molar-refractivity contribution >= 4 is 38.3 Å². The molecular weight excluding hydrogens is 432 g/mol. The van der Waals surface area contributed by atoms with Crippen molar-refractivity contribution in [1.29, 1.82) is 0 Å². The Labute approximate surface area is 186 Å². The minimum Gasteiger partial charge on any atom is -0.497 e. The van der Waals surface area contributed by atoms with Gasteiger partial charge in [0, 0.05) is 17.0 Å². The molecule has 8 heteroatoms. The van der Waals surface area contributed by atoms with E-state index in [1.165, 1.54) is 17.4 Å². The summed E-state index contributed by atoms with van der Waals surface area (Å²) in [6.45, 7) is 1.96. The van der Waals surface area contributed by atoms with Crippen LogP contribution in [0, 0.1) is 0 Å². The van der Waals surface area contributed by atoms with Crippen LogP contribution in [-0.2, 0) is 14.6 Å². The zero-order chi connectivity index (χ0) is 22.3. The number of ether oxygens (including phenoxy) is 1. The Kier molecular flexibility index (Phi) is 7.59. The number of unbranched alkanes of at least 4 members (excludes halogenated alkanes) is 1. The van der Waals surface area contributed by atoms with Gasteiger partial charge < -0.3 is 4.74 Å². The quantitative estimate of drug-likeness (QED) is 0.456. The summed E-state index contributed by atoms with van der Waals surface area (Å²) in [4.78, 5) is 17.0. The third-order valence-corrected chi connectivity index (χ3v) is 7.13. The number of methoxy groups -OCH3 is 1. The van der Waals surface area contributed by atoms with E-state index in [9.17, 15) is 13.2 Å². The van der Waals surface area contributed by atoms with Gasteiger partial charge in [-0.1, -0.05) is 25.5 Å². The number of hydrogen-bond acceptors (Lipinski definition) is 6. The summed E-state index contributed by atoms with van der Waals surface area (Å²) in [6.07, 6.45) is 4.50. The topological polar surface area (TPSA) is 85.4 Å². The predicted molar refractivity (Wildman–Crippen MR) is 125 cm³/mol. The van der Waals surface area contributed by atoms with Crippen LogP contribution in [0.15, 0.2) is 64.9 Å². The number of amides is 1. The molecule has 0 saturated carbocycles. The van der Waals surface area contributed by atoms with Crippen LogP contribution in [0.4, 0.5) is 5.13 Å². The molecule has 162 valence electrons. The van der Waals surface area contributed by atoms with Gasteiger partial charge >= 0.3 is 0 Å². The number of thiazole rings is 1. The lowest BCUT2D eigenvalue weighted by Crippen LogP contribution is -2.07. The number of sulfone groups is 1. The third kappa shape index (κ3) is 6.26. The van der Waals surface area contributed by atoms with Gasteiger partial charge in [0.2, 0.25) is 5.91 Å². The average molecular weight is 457 g/mol. The second-order valence-electron chi connectivity index (χ2n) is 6.83. The van der Waals surface area contributed by atoms with Crippen LogP contribution in [0.1, 0.15) is 25.3 Å². The van der Waals surface area contributed by atoms with Gasteiger partial charge in [-0.05, 0) is 54.5 Å². The first-order valence-electron chi connectivity index (χ1n) is 9.83. The second-order valence-corrected chi connectivity index (χ2v) is 9.80. The molecule has 0 saturated heterocycles. The SMILES string of the molecule is CCCCS(=O)(=O)c1ccc(/C=C/C(=O)Nc2nc(-c3ccc(OC)cc3)cs2)cc1. The van der Waals surface area contributed by atoms with Gasteiger partial charge in [0.25, 0.3) is 0 Å². The molecule has 0 aliphatic carbocycles. The van der Waals surface area contributed by atoms with Crippen molar-refractivity contribution in [2.45, 2.75) is 24.7 Å². The summed E-state index contributed by atoms with van der Waals surface area (Å²) in [7, 11) is -1.64. The van der Waals surface area contributed by atoms with E-state index in [4.69, 9.17) is 4.74 Å². The molecule has 3 aromatic rings. The Bertz CT molecular complexity index is 1150. The fourth-order valence-electron chi connectivity index (χ4n) is 2.78. The smallest absolute Gasteiger partial charge is 0.250 e. The second kappa shape index (κ2) is 10.4. The van der Waals surface area contributed by atoms with Crippen LogP contribution in [0.2, 0.25) is 0 Å². The average Bonchev–Trinajstić information content (AvgIpc) is 3.25. The number of anilines is 1. The van der Waals surface area contributed by atoms with Gasteiger partial charge in [-0.3, -0.25) is 10.1 Å². The van der Waals surface area contributed by atoms with E-state index in [0.29, 0.717) is 16.4 Å². The summed E-state index contributed by atoms with van der Waals surface area (Å²) >= 11 is 1.34. The summed E-state index contributed by atoms with van der Waals surface area (Å²) < 4.78 is 29.6. The number of nitrogens with one attached hydrogen (secondary N) is 1. The van der Waals surface area contributed by atoms with Crippen LogP contribution in [0.3, 0.4) is 0 Å². The largest absolute Gasteiger partial charge is 0.497 e. The van der Waals surface area contributed by atoms with Gasteiger partial charge in [-0.25, -0.2) is 13.4 Å². The van der Waals surface area contributed by atoms with E-state index in [1.807, 2.05) is 36.6 Å². The highest BCUT2D eigenvalue weighted by Gasteiger charge is 2.13. The number of hydrogen-bond donors (Lipinski definition) is 1. The molecule has 0 unspecified atom stereocenters. The summed E-state index contributed by atoms with van der Waals surface area (Å²) in [6, 6.07) is 14.1. The van der Waals surface area contributed by atoms with Gasteiger partial charge in [-0.15, -0.1) is 11.3 Å². The maximum absolute atomic E-state index is 12.2. The Morgan fingerprint density at radius 2 is 1.84 bits per heavy atom. The summed E-state index contributed by atoms with van der Waals surface area (Å²) in [5, 5.41) is 5.12. The number of aromatic nitrogens is 1. The predicted octanol–water partition coefficient (Wildman–Crippen LogP) is 5.04. The molecule has 6 nitrogen and oxygen atoms in total. The molecule has 2 aromatic carbocycles. The lowest BCUT2D eigenvalue weighted by molar-refractivity contribution is -0.111. The maximum Gasteiger partial charge on any atom is 0.250 e. The zero-order valence-electron chi connectivity index (χ0n) is 17.4. The standard InChI is InChI=1S/C23H24N2O4S2/c1-3-4-15-31(27,28)20-12-5-17(6-13-20)7-14-22(26)25-23-24-21(16-30-23)18-8-10-19(29-2)11-9-18/h5-14,16H,3-4,15H2,1-2H3,(H,24,25,26)/b14-7+. The van der Waals surface area contributed by atoms with E-state index in [1.54, 1.807) is 37.5 Å². The van der Waals surface area contributed by atoms with E-state index in [-0.39, 0.29) is 11.7 Å². The van der Waals surface area contributed by atoms with Crippen molar-refractivity contribution in [3.63, 3.8) is 0 Å². The molecule has 0 atom stereocenters. The van der Waals surface area contributed by atoms with Crippen molar-refractivity contribution in [3.8, 4) is 17.0 Å². The highest BCUT2D eigenvalue weighted by molar-refractivity contribution is 7.91. The van der Waals surface area contributed by atoms with Crippen molar-refractivity contribution in [3.05, 3.63) is 65.6 Å². The molecular formula is C23H24N2O4S2. The summed E-state index contributed by atoms with van der Waals surface area (Å²) in [5.74, 6) is 0.604. The van der Waals surface area contributed by atoms with Crippen LogP contribution >= 0.6 is 11.3 Å². The van der Waals surface area contributed by atoms with E-state index < -0.39 is 9.84 Å². The van der Waals surface area contributed by atoms with Crippen LogP contribution in [-0.4, -0.2) is 32.2 Å². The van der Waals surface area contributed by atoms with Crippen LogP contribution in [0.25, 0.3) is 17.3 Å². The van der Waals surface area contributed by atoms with Gasteiger partial charge in [0.1, 0.15) is 5.75 Å². The molecule has 1 aromatic heterocycles. The lowest BCUT2D eigenvalue weighted by Gasteiger charge is -2.04. The first-order chi connectivity index (χ1) is 14.9. The maximum atomic E-state index is 12.2. The normalized spacial score (nSPS) is 11.5. The Hall–Kier alpha value is -2.97. The molecule has 1 amide bonds. The molecule has 3 rings (SSSR count). The molecule has 0 radical (unpaired) electrons. The number of carbonyl (C=O) groups excluding carboxylic acids is 1. The van der Waals surface area contributed by atoms with Crippen LogP contribution < -0.4 is 10.1 Å². The molecule has 0 fully saturated rings.